The molecule has 2 N–H and O–H groups in total. The van der Waals surface area contributed by atoms with Gasteiger partial charge in [0.1, 0.15) is 29.2 Å². The normalized spacial score (nSPS) is 10.8. The third kappa shape index (κ3) is 3.19. The van der Waals surface area contributed by atoms with E-state index in [1.165, 1.54) is 23.7 Å². The van der Waals surface area contributed by atoms with Gasteiger partial charge in [-0.05, 0) is 17.7 Å². The van der Waals surface area contributed by atoms with E-state index >= 15 is 0 Å². The molecule has 9 heteroatoms. The van der Waals surface area contributed by atoms with Crippen molar-refractivity contribution in [3.63, 3.8) is 0 Å². The topological polar surface area (TPSA) is 110 Å². The second-order valence-electron chi connectivity index (χ2n) is 6.10. The van der Waals surface area contributed by atoms with Crippen LogP contribution < -0.4 is 19.9 Å². The predicted octanol–water partition coefficient (Wildman–Crippen LogP) is 1.47. The first-order chi connectivity index (χ1) is 12.9. The van der Waals surface area contributed by atoms with Gasteiger partial charge < -0.3 is 24.0 Å². The Kier molecular flexibility index (Phi) is 4.76. The van der Waals surface area contributed by atoms with Gasteiger partial charge in [0.05, 0.1) is 20.4 Å². The van der Waals surface area contributed by atoms with Gasteiger partial charge >= 0.3 is 5.97 Å². The van der Waals surface area contributed by atoms with Gasteiger partial charge in [-0.3, -0.25) is 14.7 Å². The number of anilines is 1. The smallest absolute Gasteiger partial charge is 0.323 e. The molecule has 0 atom stereocenters. The number of aliphatic carboxylic acids is 1. The lowest BCUT2D eigenvalue weighted by Gasteiger charge is -2.23. The molecule has 0 bridgehead atoms. The zero-order chi connectivity index (χ0) is 19.7. The van der Waals surface area contributed by atoms with Gasteiger partial charge in [0.15, 0.2) is 0 Å². The lowest BCUT2D eigenvalue weighted by atomic mass is 10.0. The van der Waals surface area contributed by atoms with Crippen LogP contribution >= 0.6 is 0 Å². The standard InChI is InChI=1S/C18H20N4O5/c1-21(9-15(23)24)17-13(26-3)5-10(6-14(17)27-4)12-8-22(2)18(25)16-11(12)7-19-20-16/h5-8H,9H2,1-4H3,(H,19,20)(H,23,24). The maximum atomic E-state index is 12.2. The second-order valence-corrected chi connectivity index (χ2v) is 6.10. The molecule has 1 aromatic carbocycles. The molecule has 142 valence electrons. The van der Waals surface area contributed by atoms with E-state index in [0.717, 1.165) is 11.1 Å². The number of ether oxygens (including phenoxy) is 2. The zero-order valence-electron chi connectivity index (χ0n) is 15.4. The lowest BCUT2D eigenvalue weighted by Crippen LogP contribution is -2.26. The molecular formula is C18H20N4O5. The number of aryl methyl sites for hydroxylation is 1. The summed E-state index contributed by atoms with van der Waals surface area (Å²) < 4.78 is 12.5. The van der Waals surface area contributed by atoms with E-state index in [0.29, 0.717) is 28.1 Å². The molecule has 0 aliphatic rings. The first-order valence-electron chi connectivity index (χ1n) is 8.09. The maximum absolute atomic E-state index is 12.2. The third-order valence-corrected chi connectivity index (χ3v) is 4.33. The van der Waals surface area contributed by atoms with Crippen LogP contribution in [0.5, 0.6) is 11.5 Å². The van der Waals surface area contributed by atoms with Crippen molar-refractivity contribution in [3.05, 3.63) is 34.9 Å². The molecule has 0 saturated heterocycles. The summed E-state index contributed by atoms with van der Waals surface area (Å²) in [6.07, 6.45) is 3.31. The fraction of sp³-hybridized carbons (Fsp3) is 0.278. The highest BCUT2D eigenvalue weighted by Crippen LogP contribution is 2.42. The number of carboxylic acids is 1. The van der Waals surface area contributed by atoms with E-state index in [1.54, 1.807) is 38.6 Å². The SMILES string of the molecule is COc1cc(-c2cn(C)c(=O)c3[nH]ncc23)cc(OC)c1N(C)CC(=O)O. The summed E-state index contributed by atoms with van der Waals surface area (Å²) in [5, 5.41) is 16.5. The molecule has 0 unspecified atom stereocenters. The van der Waals surface area contributed by atoms with Crippen LogP contribution in [-0.4, -0.2) is 53.7 Å². The molecule has 0 aliphatic carbocycles. The number of pyridine rings is 1. The largest absolute Gasteiger partial charge is 0.494 e. The van der Waals surface area contributed by atoms with E-state index in [9.17, 15) is 9.59 Å². The van der Waals surface area contributed by atoms with Gasteiger partial charge in [0.25, 0.3) is 5.56 Å². The van der Waals surface area contributed by atoms with Crippen molar-refractivity contribution in [2.75, 3.05) is 32.7 Å². The highest BCUT2D eigenvalue weighted by Gasteiger charge is 2.20. The van der Waals surface area contributed by atoms with Crippen LogP contribution in [0.3, 0.4) is 0 Å². The van der Waals surface area contributed by atoms with Gasteiger partial charge in [0, 0.05) is 31.2 Å². The Balaban J connectivity index is 2.25. The summed E-state index contributed by atoms with van der Waals surface area (Å²) in [7, 11) is 6.32. The van der Waals surface area contributed by atoms with Crippen molar-refractivity contribution < 1.29 is 19.4 Å². The first-order valence-corrected chi connectivity index (χ1v) is 8.09. The van der Waals surface area contributed by atoms with Crippen molar-refractivity contribution in [3.8, 4) is 22.6 Å². The Hall–Kier alpha value is -3.49. The number of benzene rings is 1. The van der Waals surface area contributed by atoms with Crippen LogP contribution in [0.25, 0.3) is 22.0 Å². The van der Waals surface area contributed by atoms with Crippen LogP contribution in [0.15, 0.2) is 29.3 Å². The number of aromatic nitrogens is 3. The van der Waals surface area contributed by atoms with Crippen molar-refractivity contribution >= 4 is 22.6 Å². The number of likely N-dealkylation sites (N-methyl/N-ethyl adjacent to an activating group) is 1. The number of H-pyrrole nitrogens is 1. The van der Waals surface area contributed by atoms with E-state index in [1.807, 2.05) is 0 Å². The summed E-state index contributed by atoms with van der Waals surface area (Å²) >= 11 is 0. The molecular weight excluding hydrogens is 352 g/mol. The summed E-state index contributed by atoms with van der Waals surface area (Å²) in [4.78, 5) is 24.9. The Morgan fingerprint density at radius 2 is 1.93 bits per heavy atom. The number of nitrogens with one attached hydrogen (secondary N) is 1. The highest BCUT2D eigenvalue weighted by atomic mass is 16.5. The number of methoxy groups -OCH3 is 2. The Morgan fingerprint density at radius 1 is 1.30 bits per heavy atom. The predicted molar refractivity (Wildman–Crippen MR) is 101 cm³/mol. The number of carbonyl (C=O) groups is 1. The van der Waals surface area contributed by atoms with Crippen molar-refractivity contribution in [1.82, 2.24) is 14.8 Å². The number of rotatable bonds is 6. The number of aromatic amines is 1. The number of fused-ring (bicyclic) bond motifs is 1. The third-order valence-electron chi connectivity index (χ3n) is 4.33. The number of nitrogens with zero attached hydrogens (tertiary/aromatic N) is 3. The quantitative estimate of drug-likeness (QED) is 0.674. The van der Waals surface area contributed by atoms with Crippen LogP contribution in [-0.2, 0) is 11.8 Å². The molecule has 0 radical (unpaired) electrons. The molecule has 27 heavy (non-hydrogen) atoms. The van der Waals surface area contributed by atoms with Crippen LogP contribution in [0, 0.1) is 0 Å². The van der Waals surface area contributed by atoms with Crippen molar-refractivity contribution in [2.24, 2.45) is 7.05 Å². The Labute approximate surface area is 154 Å². The second kappa shape index (κ2) is 7.02. The molecule has 3 rings (SSSR count). The minimum absolute atomic E-state index is 0.178. The summed E-state index contributed by atoms with van der Waals surface area (Å²) in [6, 6.07) is 3.56. The molecule has 9 nitrogen and oxygen atoms in total. The van der Waals surface area contributed by atoms with Crippen molar-refractivity contribution in [1.29, 1.82) is 0 Å². The zero-order valence-corrected chi connectivity index (χ0v) is 15.4. The molecule has 2 aromatic heterocycles. The molecule has 0 fully saturated rings. The first kappa shape index (κ1) is 18.3. The molecule has 2 heterocycles. The molecule has 0 saturated carbocycles. The van der Waals surface area contributed by atoms with E-state index in [-0.39, 0.29) is 12.1 Å². The van der Waals surface area contributed by atoms with Crippen molar-refractivity contribution in [2.45, 2.75) is 0 Å². The van der Waals surface area contributed by atoms with Crippen LogP contribution in [0.1, 0.15) is 0 Å². The maximum Gasteiger partial charge on any atom is 0.323 e. The van der Waals surface area contributed by atoms with Gasteiger partial charge in [-0.1, -0.05) is 0 Å². The number of hydrogen-bond donors (Lipinski definition) is 2. The highest BCUT2D eigenvalue weighted by molar-refractivity contribution is 5.95. The Bertz CT molecular complexity index is 1040. The monoisotopic (exact) mass is 372 g/mol. The molecule has 0 aliphatic heterocycles. The summed E-state index contributed by atoms with van der Waals surface area (Å²) in [6.45, 7) is -0.210. The minimum Gasteiger partial charge on any atom is -0.494 e. The van der Waals surface area contributed by atoms with Gasteiger partial charge in [0.2, 0.25) is 0 Å². The fourth-order valence-corrected chi connectivity index (χ4v) is 3.09. The van der Waals surface area contributed by atoms with Gasteiger partial charge in [-0.2, -0.15) is 5.10 Å². The average molecular weight is 372 g/mol. The average Bonchev–Trinajstić information content (AvgIpc) is 3.12. The lowest BCUT2D eigenvalue weighted by molar-refractivity contribution is -0.135. The van der Waals surface area contributed by atoms with Crippen LogP contribution in [0.4, 0.5) is 5.69 Å². The fourth-order valence-electron chi connectivity index (χ4n) is 3.09. The number of carboxylic acid groups (broad SMARTS) is 1. The summed E-state index contributed by atoms with van der Waals surface area (Å²) in [5.74, 6) is -0.0546. The van der Waals surface area contributed by atoms with E-state index < -0.39 is 5.97 Å². The summed E-state index contributed by atoms with van der Waals surface area (Å²) in [5.41, 5.74) is 2.27. The molecule has 3 aromatic rings. The van der Waals surface area contributed by atoms with E-state index in [2.05, 4.69) is 10.2 Å². The molecule has 0 spiro atoms. The van der Waals surface area contributed by atoms with Gasteiger partial charge in [-0.25, -0.2) is 0 Å². The Morgan fingerprint density at radius 3 is 2.48 bits per heavy atom. The minimum atomic E-state index is -0.969. The molecule has 0 amide bonds. The van der Waals surface area contributed by atoms with Crippen LogP contribution in [0.2, 0.25) is 0 Å². The number of hydrogen-bond acceptors (Lipinski definition) is 6. The van der Waals surface area contributed by atoms with E-state index in [4.69, 9.17) is 14.6 Å². The van der Waals surface area contributed by atoms with Gasteiger partial charge in [-0.15, -0.1) is 0 Å².